The molecular formula is C30H29ClN3O4S+. The fourth-order valence-electron chi connectivity index (χ4n) is 5.06. The topological polar surface area (TPSA) is 84.0 Å². The van der Waals surface area contributed by atoms with Gasteiger partial charge in [0, 0.05) is 21.7 Å². The van der Waals surface area contributed by atoms with Crippen LogP contribution in [0, 0.1) is 12.8 Å². The van der Waals surface area contributed by atoms with Gasteiger partial charge in [-0.05, 0) is 68.2 Å². The average Bonchev–Trinajstić information content (AvgIpc) is 3.44. The maximum atomic E-state index is 12.6. The van der Waals surface area contributed by atoms with E-state index in [9.17, 15) is 9.90 Å². The fourth-order valence-corrected chi connectivity index (χ4v) is 6.31. The van der Waals surface area contributed by atoms with Gasteiger partial charge >= 0.3 is 5.97 Å². The number of aliphatic carboxylic acids is 1. The molecule has 39 heavy (non-hydrogen) atoms. The van der Waals surface area contributed by atoms with Gasteiger partial charge < -0.3 is 14.6 Å². The molecule has 1 aliphatic carbocycles. The lowest BCUT2D eigenvalue weighted by Gasteiger charge is -2.28. The highest BCUT2D eigenvalue weighted by molar-refractivity contribution is 7.20. The highest BCUT2D eigenvalue weighted by atomic mass is 35.5. The van der Waals surface area contributed by atoms with Crippen molar-refractivity contribution in [1.29, 1.82) is 0 Å². The number of hydrogen-bond acceptors (Lipinski definition) is 6. The van der Waals surface area contributed by atoms with E-state index in [-0.39, 0.29) is 5.92 Å². The number of fused-ring (bicyclic) bond motifs is 2. The third-order valence-electron chi connectivity index (χ3n) is 6.94. The van der Waals surface area contributed by atoms with E-state index in [1.807, 2.05) is 62.7 Å². The number of halogens is 1. The predicted molar refractivity (Wildman–Crippen MR) is 155 cm³/mol. The summed E-state index contributed by atoms with van der Waals surface area (Å²) in [4.78, 5) is 17.6. The number of carboxylic acid groups (broad SMARTS) is 1. The molecule has 0 bridgehead atoms. The number of allylic oxidation sites excluding steroid dienone is 4. The second kappa shape index (κ2) is 9.78. The number of carboxylic acids is 1. The number of nitrogens with zero attached hydrogens (tertiary/aromatic N) is 3. The Labute approximate surface area is 235 Å². The molecule has 9 heteroatoms. The van der Waals surface area contributed by atoms with E-state index >= 15 is 0 Å². The standard InChI is InChI=1S/C30H28ClN3O4S/c1-16-11-23-27(25(17-5-8-20(31)9-6-17)24(16)26(29(35)36)38-30(2,3)4)39-28(32-23)18-7-10-22-19(12-18)13-34(33-22)21-14-37-15-21/h5-13,19,21,26H,14-15H2,1-4H3/p+1/t19?,26-/m0/s1. The van der Waals surface area contributed by atoms with Gasteiger partial charge in [0.1, 0.15) is 29.9 Å². The number of aryl methyl sites for hydroxylation is 1. The quantitative estimate of drug-likeness (QED) is 0.357. The average molecular weight is 563 g/mol. The summed E-state index contributed by atoms with van der Waals surface area (Å²) in [5, 5.41) is 16.5. The summed E-state index contributed by atoms with van der Waals surface area (Å²) in [7, 11) is 0. The molecule has 3 heterocycles. The van der Waals surface area contributed by atoms with Crippen molar-refractivity contribution in [1.82, 2.24) is 4.98 Å². The maximum absolute atomic E-state index is 12.6. The van der Waals surface area contributed by atoms with E-state index in [2.05, 4.69) is 24.4 Å². The first-order chi connectivity index (χ1) is 18.6. The van der Waals surface area contributed by atoms with Gasteiger partial charge in [-0.25, -0.2) is 9.78 Å². The van der Waals surface area contributed by atoms with Crippen molar-refractivity contribution in [3.63, 3.8) is 0 Å². The van der Waals surface area contributed by atoms with Crippen LogP contribution >= 0.6 is 22.9 Å². The zero-order valence-corrected chi connectivity index (χ0v) is 23.7. The third kappa shape index (κ3) is 4.98. The zero-order chi connectivity index (χ0) is 27.5. The third-order valence-corrected chi connectivity index (χ3v) is 8.33. The molecule has 0 spiro atoms. The lowest BCUT2D eigenvalue weighted by molar-refractivity contribution is -0.591. The summed E-state index contributed by atoms with van der Waals surface area (Å²) in [5.74, 6) is -0.947. The van der Waals surface area contributed by atoms with Crippen LogP contribution < -0.4 is 0 Å². The molecule has 1 saturated heterocycles. The van der Waals surface area contributed by atoms with E-state index in [0.29, 0.717) is 29.8 Å². The van der Waals surface area contributed by atoms with Crippen molar-refractivity contribution < 1.29 is 24.1 Å². The molecule has 3 aliphatic rings. The fraction of sp³-hybridized carbons (Fsp3) is 0.333. The van der Waals surface area contributed by atoms with Gasteiger partial charge in [0.2, 0.25) is 6.04 Å². The lowest BCUT2D eigenvalue weighted by atomic mass is 9.91. The highest BCUT2D eigenvalue weighted by Crippen LogP contribution is 2.44. The number of thiazole rings is 1. The highest BCUT2D eigenvalue weighted by Gasteiger charge is 2.37. The second-order valence-electron chi connectivity index (χ2n) is 11.0. The summed E-state index contributed by atoms with van der Waals surface area (Å²) in [6, 6.07) is 9.75. The van der Waals surface area contributed by atoms with E-state index in [1.165, 1.54) is 0 Å². The van der Waals surface area contributed by atoms with Gasteiger partial charge in [-0.2, -0.15) is 0 Å². The lowest BCUT2D eigenvalue weighted by Crippen LogP contribution is -2.41. The van der Waals surface area contributed by atoms with Gasteiger partial charge in [-0.3, -0.25) is 0 Å². The summed E-state index contributed by atoms with van der Waals surface area (Å²) in [6.07, 6.45) is 7.29. The van der Waals surface area contributed by atoms with Gasteiger partial charge in [-0.15, -0.1) is 11.3 Å². The first kappa shape index (κ1) is 26.1. The summed E-state index contributed by atoms with van der Waals surface area (Å²) in [5.41, 5.74) is 5.31. The van der Waals surface area contributed by atoms with Crippen LogP contribution in [0.3, 0.4) is 0 Å². The monoisotopic (exact) mass is 562 g/mol. The Hall–Kier alpha value is -3.17. The molecule has 1 aromatic heterocycles. The van der Waals surface area contributed by atoms with E-state index in [4.69, 9.17) is 31.2 Å². The number of aromatic nitrogens is 1. The van der Waals surface area contributed by atoms with Crippen LogP contribution in [0.2, 0.25) is 5.02 Å². The molecule has 0 amide bonds. The molecular weight excluding hydrogens is 534 g/mol. The number of benzene rings is 2. The van der Waals surface area contributed by atoms with Gasteiger partial charge in [0.25, 0.3) is 0 Å². The SMILES string of the molecule is Cc1cc2nc(C3=CC4C=[N+](C5COC5)N=C4C=C3)sc2c(-c2ccc(Cl)cc2)c1[C@H](OC(C)(C)C)C(=O)O. The van der Waals surface area contributed by atoms with Crippen LogP contribution in [-0.4, -0.2) is 57.5 Å². The van der Waals surface area contributed by atoms with Crippen molar-refractivity contribution in [3.8, 4) is 11.1 Å². The minimum atomic E-state index is -1.15. The Morgan fingerprint density at radius 2 is 1.97 bits per heavy atom. The maximum Gasteiger partial charge on any atom is 0.337 e. The summed E-state index contributed by atoms with van der Waals surface area (Å²) in [6.45, 7) is 8.91. The van der Waals surface area contributed by atoms with Crippen molar-refractivity contribution in [2.75, 3.05) is 13.2 Å². The van der Waals surface area contributed by atoms with Crippen molar-refractivity contribution in [2.45, 2.75) is 45.4 Å². The molecule has 6 rings (SSSR count). The first-order valence-electron chi connectivity index (χ1n) is 12.9. The molecule has 3 aromatic rings. The number of ether oxygens (including phenoxy) is 2. The van der Waals surface area contributed by atoms with Gasteiger partial charge in [0.15, 0.2) is 12.3 Å². The minimum Gasteiger partial charge on any atom is -0.479 e. The predicted octanol–water partition coefficient (Wildman–Crippen LogP) is 6.29. The summed E-state index contributed by atoms with van der Waals surface area (Å²) >= 11 is 7.77. The van der Waals surface area contributed by atoms with Gasteiger partial charge in [0.05, 0.1) is 15.8 Å². The van der Waals surface area contributed by atoms with Crippen LogP contribution in [0.5, 0.6) is 0 Å². The molecule has 2 aromatic carbocycles. The first-order valence-corrected chi connectivity index (χ1v) is 14.1. The van der Waals surface area contributed by atoms with Crippen LogP contribution in [0.1, 0.15) is 43.0 Å². The molecule has 2 aliphatic heterocycles. The Bertz CT molecular complexity index is 1610. The molecule has 2 atom stereocenters. The second-order valence-corrected chi connectivity index (χ2v) is 12.5. The van der Waals surface area contributed by atoms with E-state index in [0.717, 1.165) is 43.2 Å². The summed E-state index contributed by atoms with van der Waals surface area (Å²) < 4.78 is 14.4. The van der Waals surface area contributed by atoms with Crippen molar-refractivity contribution in [2.24, 2.45) is 11.0 Å². The van der Waals surface area contributed by atoms with Crippen LogP contribution in [-0.2, 0) is 14.3 Å². The molecule has 1 N–H and O–H groups in total. The zero-order valence-electron chi connectivity index (χ0n) is 22.1. The molecule has 7 nitrogen and oxygen atoms in total. The number of rotatable bonds is 6. The van der Waals surface area contributed by atoms with E-state index in [1.54, 1.807) is 11.3 Å². The molecule has 1 unspecified atom stereocenters. The Morgan fingerprint density at radius 3 is 2.62 bits per heavy atom. The van der Waals surface area contributed by atoms with Crippen molar-refractivity contribution >= 4 is 56.6 Å². The van der Waals surface area contributed by atoms with Crippen LogP contribution in [0.25, 0.3) is 26.9 Å². The Balaban J connectivity index is 1.49. The number of hydrazone groups is 1. The number of hydrogen-bond donors (Lipinski definition) is 1. The van der Waals surface area contributed by atoms with Crippen LogP contribution in [0.4, 0.5) is 0 Å². The molecule has 0 radical (unpaired) electrons. The van der Waals surface area contributed by atoms with Gasteiger partial charge in [-0.1, -0.05) is 40.6 Å². The smallest absolute Gasteiger partial charge is 0.337 e. The Kier molecular flexibility index (Phi) is 6.54. The normalized spacial score (nSPS) is 19.8. The molecule has 200 valence electrons. The Morgan fingerprint density at radius 1 is 1.23 bits per heavy atom. The molecule has 1 fully saturated rings. The largest absolute Gasteiger partial charge is 0.479 e. The van der Waals surface area contributed by atoms with E-state index < -0.39 is 17.7 Å². The molecule has 0 saturated carbocycles. The van der Waals surface area contributed by atoms with Crippen LogP contribution in [0.15, 0.2) is 53.7 Å². The van der Waals surface area contributed by atoms with Crippen molar-refractivity contribution in [3.05, 3.63) is 69.7 Å². The number of carbonyl (C=O) groups is 1. The minimum absolute atomic E-state index is 0.0854.